The molecule has 5 rings (SSSR count). The lowest BCUT2D eigenvalue weighted by Gasteiger charge is -2.58. The topological polar surface area (TPSA) is 83.4 Å². The number of alkyl halides is 3. The highest BCUT2D eigenvalue weighted by molar-refractivity contribution is 5.96. The first kappa shape index (κ1) is 22.9. The number of nitrogens with one attached hydrogen (secondary N) is 2. The van der Waals surface area contributed by atoms with E-state index in [1.807, 2.05) is 0 Å². The number of carbonyl (C=O) groups excluding carboxylic acids is 2. The number of hydrogen-bond donors (Lipinski definition) is 3. The Hall–Kier alpha value is -2.29. The molecule has 4 fully saturated rings. The predicted molar refractivity (Wildman–Crippen MR) is 112 cm³/mol. The second-order valence-electron chi connectivity index (χ2n) is 10.4. The molecule has 2 amide bonds. The van der Waals surface area contributed by atoms with E-state index in [1.165, 1.54) is 31.5 Å². The normalized spacial score (nSPS) is 31.8. The molecule has 0 aliphatic heterocycles. The standard InChI is InChI=1S/C23H30F3N3O3/c1-13(30)28-21(2,3)5-7-29-6-4-17(19(29)23(24,25)26)20(31)27-18-15-8-14-9-16(18)12-22(32,10-14)11-15/h4-7,14-16,18,32H,8-12H2,1-3H3,(H,27,31)(H,28,30)/b7-5+. The molecular formula is C23H30F3N3O3. The molecule has 1 aromatic rings. The summed E-state index contributed by atoms with van der Waals surface area (Å²) in [5.41, 5.74) is -3.01. The van der Waals surface area contributed by atoms with E-state index in [0.29, 0.717) is 18.8 Å². The Kier molecular flexibility index (Phi) is 5.47. The van der Waals surface area contributed by atoms with Crippen molar-refractivity contribution >= 4 is 18.0 Å². The summed E-state index contributed by atoms with van der Waals surface area (Å²) in [5.74, 6) is -0.400. The molecule has 6 nitrogen and oxygen atoms in total. The number of halogens is 3. The average molecular weight is 454 g/mol. The van der Waals surface area contributed by atoms with E-state index < -0.39 is 34.5 Å². The fourth-order valence-electron chi connectivity index (χ4n) is 6.26. The molecule has 4 bridgehead atoms. The van der Waals surface area contributed by atoms with Gasteiger partial charge in [-0.2, -0.15) is 13.2 Å². The fraction of sp³-hybridized carbons (Fsp3) is 0.652. The highest BCUT2D eigenvalue weighted by Crippen LogP contribution is 2.55. The molecule has 1 aromatic heterocycles. The van der Waals surface area contributed by atoms with Crippen LogP contribution in [0, 0.1) is 17.8 Å². The quantitative estimate of drug-likeness (QED) is 0.638. The Morgan fingerprint density at radius 1 is 1.19 bits per heavy atom. The van der Waals surface area contributed by atoms with Gasteiger partial charge in [0.1, 0.15) is 5.69 Å². The molecule has 2 atom stereocenters. The third-order valence-electron chi connectivity index (χ3n) is 7.12. The summed E-state index contributed by atoms with van der Waals surface area (Å²) >= 11 is 0. The Bertz CT molecular complexity index is 934. The summed E-state index contributed by atoms with van der Waals surface area (Å²) in [4.78, 5) is 24.3. The molecule has 0 aromatic carbocycles. The van der Waals surface area contributed by atoms with Gasteiger partial charge in [-0.3, -0.25) is 9.59 Å². The summed E-state index contributed by atoms with van der Waals surface area (Å²) in [5, 5.41) is 16.2. The maximum Gasteiger partial charge on any atom is 0.432 e. The first-order valence-corrected chi connectivity index (χ1v) is 11.1. The summed E-state index contributed by atoms with van der Waals surface area (Å²) in [7, 11) is 0. The second-order valence-corrected chi connectivity index (χ2v) is 10.4. The molecule has 4 aliphatic rings. The Morgan fingerprint density at radius 3 is 2.34 bits per heavy atom. The van der Waals surface area contributed by atoms with Gasteiger partial charge < -0.3 is 20.3 Å². The van der Waals surface area contributed by atoms with Crippen molar-refractivity contribution in [3.63, 3.8) is 0 Å². The third kappa shape index (κ3) is 4.44. The van der Waals surface area contributed by atoms with Crippen LogP contribution in [0.2, 0.25) is 0 Å². The van der Waals surface area contributed by atoms with Crippen molar-refractivity contribution < 1.29 is 27.9 Å². The summed E-state index contributed by atoms with van der Waals surface area (Å²) in [6.45, 7) is 4.66. The van der Waals surface area contributed by atoms with E-state index in [9.17, 15) is 27.9 Å². The number of rotatable bonds is 5. The molecule has 1 heterocycles. The number of hydrogen-bond acceptors (Lipinski definition) is 3. The average Bonchev–Trinajstić information content (AvgIpc) is 3.05. The van der Waals surface area contributed by atoms with Crippen molar-refractivity contribution in [2.75, 3.05) is 0 Å². The molecule has 0 radical (unpaired) electrons. The van der Waals surface area contributed by atoms with Gasteiger partial charge in [0.15, 0.2) is 0 Å². The third-order valence-corrected chi connectivity index (χ3v) is 7.12. The molecule has 4 saturated carbocycles. The van der Waals surface area contributed by atoms with Crippen LogP contribution in [0.25, 0.3) is 6.20 Å². The molecule has 3 N–H and O–H groups in total. The Labute approximate surface area is 185 Å². The lowest BCUT2D eigenvalue weighted by Crippen LogP contribution is -2.61. The molecule has 2 unspecified atom stereocenters. The predicted octanol–water partition coefficient (Wildman–Crippen LogP) is 3.56. The zero-order valence-corrected chi connectivity index (χ0v) is 18.5. The zero-order valence-electron chi connectivity index (χ0n) is 18.5. The van der Waals surface area contributed by atoms with Crippen LogP contribution in [0.4, 0.5) is 13.2 Å². The van der Waals surface area contributed by atoms with Crippen molar-refractivity contribution in [2.24, 2.45) is 17.8 Å². The first-order chi connectivity index (χ1) is 14.8. The van der Waals surface area contributed by atoms with Crippen molar-refractivity contribution in [1.82, 2.24) is 15.2 Å². The summed E-state index contributed by atoms with van der Waals surface area (Å²) in [6, 6.07) is 0.968. The van der Waals surface area contributed by atoms with Gasteiger partial charge in [0.05, 0.1) is 16.7 Å². The summed E-state index contributed by atoms with van der Waals surface area (Å²) < 4.78 is 42.6. The fourth-order valence-corrected chi connectivity index (χ4v) is 6.26. The number of nitrogens with zero attached hydrogens (tertiary/aromatic N) is 1. The maximum atomic E-state index is 13.9. The van der Waals surface area contributed by atoms with Crippen LogP contribution < -0.4 is 10.6 Å². The van der Waals surface area contributed by atoms with Gasteiger partial charge in [0, 0.05) is 25.4 Å². The number of amides is 2. The SMILES string of the molecule is CC(=O)NC(C)(C)/C=C/n1ccc(C(=O)NC2C3CC4CC2CC(O)(C4)C3)c1C(F)(F)F. The van der Waals surface area contributed by atoms with Gasteiger partial charge in [-0.1, -0.05) is 0 Å². The van der Waals surface area contributed by atoms with Crippen LogP contribution in [-0.4, -0.2) is 38.7 Å². The zero-order chi connectivity index (χ0) is 23.5. The van der Waals surface area contributed by atoms with Crippen LogP contribution in [0.1, 0.15) is 68.9 Å². The van der Waals surface area contributed by atoms with Crippen molar-refractivity contribution in [1.29, 1.82) is 0 Å². The number of aliphatic hydroxyl groups is 1. The first-order valence-electron chi connectivity index (χ1n) is 11.1. The molecular weight excluding hydrogens is 423 g/mol. The van der Waals surface area contributed by atoms with Crippen LogP contribution in [0.5, 0.6) is 0 Å². The van der Waals surface area contributed by atoms with E-state index in [2.05, 4.69) is 10.6 Å². The number of aromatic nitrogens is 1. The van der Waals surface area contributed by atoms with Gasteiger partial charge in [-0.05, 0) is 75.8 Å². The minimum atomic E-state index is -4.74. The molecule has 32 heavy (non-hydrogen) atoms. The molecule has 4 aliphatic carbocycles. The lowest BCUT2D eigenvalue weighted by molar-refractivity contribution is -0.142. The maximum absolute atomic E-state index is 13.9. The minimum absolute atomic E-state index is 0.102. The van der Waals surface area contributed by atoms with Gasteiger partial charge >= 0.3 is 6.18 Å². The van der Waals surface area contributed by atoms with E-state index in [1.54, 1.807) is 13.8 Å². The van der Waals surface area contributed by atoms with E-state index in [4.69, 9.17) is 0 Å². The van der Waals surface area contributed by atoms with E-state index in [-0.39, 0.29) is 23.8 Å². The van der Waals surface area contributed by atoms with Crippen LogP contribution in [0.3, 0.4) is 0 Å². The highest BCUT2D eigenvalue weighted by Gasteiger charge is 2.55. The van der Waals surface area contributed by atoms with Crippen molar-refractivity contribution in [3.8, 4) is 0 Å². The van der Waals surface area contributed by atoms with Crippen LogP contribution in [-0.2, 0) is 11.0 Å². The molecule has 0 spiro atoms. The summed E-state index contributed by atoms with van der Waals surface area (Å²) in [6.07, 6.45) is 2.92. The Balaban J connectivity index is 1.56. The van der Waals surface area contributed by atoms with Crippen molar-refractivity contribution in [2.45, 2.75) is 76.2 Å². The lowest BCUT2D eigenvalue weighted by atomic mass is 9.52. The molecule has 0 saturated heterocycles. The smallest absolute Gasteiger partial charge is 0.390 e. The van der Waals surface area contributed by atoms with Crippen molar-refractivity contribution in [3.05, 3.63) is 29.6 Å². The van der Waals surface area contributed by atoms with E-state index >= 15 is 0 Å². The van der Waals surface area contributed by atoms with E-state index in [0.717, 1.165) is 23.8 Å². The number of carbonyl (C=O) groups is 2. The van der Waals surface area contributed by atoms with Gasteiger partial charge in [0.2, 0.25) is 5.91 Å². The van der Waals surface area contributed by atoms with Gasteiger partial charge in [-0.25, -0.2) is 0 Å². The molecule has 176 valence electrons. The second kappa shape index (κ2) is 7.64. The Morgan fingerprint density at radius 2 is 1.81 bits per heavy atom. The van der Waals surface area contributed by atoms with Gasteiger partial charge in [-0.15, -0.1) is 0 Å². The highest BCUT2D eigenvalue weighted by atomic mass is 19.4. The minimum Gasteiger partial charge on any atom is -0.390 e. The van der Waals surface area contributed by atoms with Crippen LogP contribution in [0.15, 0.2) is 18.3 Å². The van der Waals surface area contributed by atoms with Crippen LogP contribution >= 0.6 is 0 Å². The van der Waals surface area contributed by atoms with Gasteiger partial charge in [0.25, 0.3) is 5.91 Å². The largest absolute Gasteiger partial charge is 0.432 e. The monoisotopic (exact) mass is 453 g/mol. The molecule has 9 heteroatoms.